The zero-order valence-corrected chi connectivity index (χ0v) is 10.5. The normalized spacial score (nSPS) is 22.6. The first-order valence-electron chi connectivity index (χ1n) is 6.77. The molecule has 2 aliphatic carbocycles. The zero-order valence-electron chi connectivity index (χ0n) is 10.5. The monoisotopic (exact) mass is 251 g/mol. The average molecular weight is 251 g/mol. The van der Waals surface area contributed by atoms with Crippen LogP contribution in [0.25, 0.3) is 0 Å². The van der Waals surface area contributed by atoms with E-state index in [-0.39, 0.29) is 11.0 Å². The van der Waals surface area contributed by atoms with Gasteiger partial charge in [0.1, 0.15) is 0 Å². The maximum Gasteiger partial charge on any atom is 0.276 e. The second kappa shape index (κ2) is 4.02. The lowest BCUT2D eigenvalue weighted by molar-refractivity contribution is -0.0285. The van der Waals surface area contributed by atoms with Crippen LogP contribution in [0.3, 0.4) is 0 Å². The summed E-state index contributed by atoms with van der Waals surface area (Å²) < 4.78 is 27.8. The molecule has 0 heterocycles. The summed E-state index contributed by atoms with van der Waals surface area (Å²) >= 11 is 0. The number of benzene rings is 1. The van der Waals surface area contributed by atoms with E-state index in [2.05, 4.69) is 0 Å². The van der Waals surface area contributed by atoms with Gasteiger partial charge in [-0.3, -0.25) is 0 Å². The number of alkyl halides is 2. The molecule has 3 rings (SSSR count). The van der Waals surface area contributed by atoms with Crippen LogP contribution in [0, 0.1) is 5.92 Å². The third kappa shape index (κ3) is 1.76. The largest absolute Gasteiger partial charge is 0.330 e. The molecular weight excluding hydrogens is 232 g/mol. The van der Waals surface area contributed by atoms with E-state index in [9.17, 15) is 8.78 Å². The van der Waals surface area contributed by atoms with Crippen LogP contribution in [-0.4, -0.2) is 6.54 Å². The summed E-state index contributed by atoms with van der Waals surface area (Å²) in [5.74, 6) is -3.08. The van der Waals surface area contributed by atoms with Crippen LogP contribution in [0.4, 0.5) is 8.78 Å². The van der Waals surface area contributed by atoms with Crippen molar-refractivity contribution in [3.8, 4) is 0 Å². The Balaban J connectivity index is 1.85. The second-order valence-electron chi connectivity index (χ2n) is 5.81. The van der Waals surface area contributed by atoms with E-state index in [0.29, 0.717) is 19.4 Å². The van der Waals surface area contributed by atoms with Gasteiger partial charge >= 0.3 is 0 Å². The Kier molecular flexibility index (Phi) is 2.70. The van der Waals surface area contributed by atoms with Crippen LogP contribution in [0.5, 0.6) is 0 Å². The zero-order chi connectivity index (χ0) is 12.8. The van der Waals surface area contributed by atoms with Gasteiger partial charge in [-0.1, -0.05) is 30.7 Å². The first-order valence-corrected chi connectivity index (χ1v) is 6.77. The maximum atomic E-state index is 13.9. The number of halogens is 2. The Hall–Kier alpha value is -0.960. The number of hydrogen-bond acceptors (Lipinski definition) is 1. The summed E-state index contributed by atoms with van der Waals surface area (Å²) in [6, 6.07) is 6.92. The predicted molar refractivity (Wildman–Crippen MR) is 67.6 cm³/mol. The van der Waals surface area contributed by atoms with E-state index in [1.165, 1.54) is 6.42 Å². The molecule has 18 heavy (non-hydrogen) atoms. The molecule has 2 N–H and O–H groups in total. The average Bonchev–Trinajstić information content (AvgIpc) is 3.13. The summed E-state index contributed by atoms with van der Waals surface area (Å²) in [4.78, 5) is 0. The SMILES string of the molecule is NCC1(c2ccc(C(F)(F)C3CC3)cc2)CCC1. The van der Waals surface area contributed by atoms with Gasteiger partial charge in [0.05, 0.1) is 0 Å². The molecule has 3 heteroatoms. The fraction of sp³-hybridized carbons (Fsp3) is 0.600. The molecule has 2 saturated carbocycles. The highest BCUT2D eigenvalue weighted by molar-refractivity contribution is 5.34. The van der Waals surface area contributed by atoms with Crippen molar-refractivity contribution in [3.63, 3.8) is 0 Å². The third-order valence-electron chi connectivity index (χ3n) is 4.67. The molecule has 2 aliphatic rings. The van der Waals surface area contributed by atoms with Gasteiger partial charge in [0.2, 0.25) is 0 Å². The highest BCUT2D eigenvalue weighted by Gasteiger charge is 2.48. The van der Waals surface area contributed by atoms with Crippen molar-refractivity contribution in [2.24, 2.45) is 11.7 Å². The van der Waals surface area contributed by atoms with Gasteiger partial charge in [-0.2, -0.15) is 0 Å². The highest BCUT2D eigenvalue weighted by Crippen LogP contribution is 2.50. The Morgan fingerprint density at radius 1 is 1.17 bits per heavy atom. The van der Waals surface area contributed by atoms with Gasteiger partial charge in [-0.25, -0.2) is 8.78 Å². The van der Waals surface area contributed by atoms with Crippen molar-refractivity contribution in [3.05, 3.63) is 35.4 Å². The molecule has 0 unspecified atom stereocenters. The minimum Gasteiger partial charge on any atom is -0.330 e. The molecule has 0 amide bonds. The van der Waals surface area contributed by atoms with E-state index in [4.69, 9.17) is 5.73 Å². The van der Waals surface area contributed by atoms with Gasteiger partial charge in [0.25, 0.3) is 5.92 Å². The molecule has 0 bridgehead atoms. The second-order valence-corrected chi connectivity index (χ2v) is 5.81. The standard InChI is InChI=1S/C15H19F2N/c16-15(17,13-6-7-13)12-4-2-11(3-5-12)14(10-18)8-1-9-14/h2-5,13H,1,6-10,18H2. The van der Waals surface area contributed by atoms with Crippen LogP contribution in [-0.2, 0) is 11.3 Å². The quantitative estimate of drug-likeness (QED) is 0.869. The van der Waals surface area contributed by atoms with Crippen molar-refractivity contribution >= 4 is 0 Å². The molecule has 0 saturated heterocycles. The highest BCUT2D eigenvalue weighted by atomic mass is 19.3. The van der Waals surface area contributed by atoms with Crippen molar-refractivity contribution in [2.75, 3.05) is 6.54 Å². The molecule has 0 spiro atoms. The fourth-order valence-corrected chi connectivity index (χ4v) is 2.94. The van der Waals surface area contributed by atoms with Crippen LogP contribution >= 0.6 is 0 Å². The van der Waals surface area contributed by atoms with E-state index in [1.54, 1.807) is 12.1 Å². The minimum absolute atomic E-state index is 0.0629. The smallest absolute Gasteiger partial charge is 0.276 e. The molecule has 0 aliphatic heterocycles. The Bertz CT molecular complexity index is 404. The van der Waals surface area contributed by atoms with Gasteiger partial charge in [-0.05, 0) is 31.2 Å². The molecule has 0 aromatic heterocycles. The van der Waals surface area contributed by atoms with Crippen LogP contribution < -0.4 is 5.73 Å². The van der Waals surface area contributed by atoms with Crippen molar-refractivity contribution in [1.82, 2.24) is 0 Å². The molecule has 98 valence electrons. The van der Waals surface area contributed by atoms with Gasteiger partial charge in [-0.15, -0.1) is 0 Å². The van der Waals surface area contributed by atoms with Gasteiger partial charge in [0, 0.05) is 23.4 Å². The van der Waals surface area contributed by atoms with Crippen LogP contribution in [0.1, 0.15) is 43.2 Å². The van der Waals surface area contributed by atoms with Gasteiger partial charge < -0.3 is 5.73 Å². The maximum absolute atomic E-state index is 13.9. The Morgan fingerprint density at radius 2 is 1.78 bits per heavy atom. The summed E-state index contributed by atoms with van der Waals surface area (Å²) in [5, 5.41) is 0. The number of rotatable bonds is 4. The lowest BCUT2D eigenvalue weighted by Crippen LogP contribution is -2.41. The topological polar surface area (TPSA) is 26.0 Å². The number of nitrogens with two attached hydrogens (primary N) is 1. The van der Waals surface area contributed by atoms with E-state index < -0.39 is 11.8 Å². The number of hydrogen-bond donors (Lipinski definition) is 1. The summed E-state index contributed by atoms with van der Waals surface area (Å²) in [6.45, 7) is 0.616. The van der Waals surface area contributed by atoms with E-state index in [1.807, 2.05) is 12.1 Å². The Morgan fingerprint density at radius 3 is 2.17 bits per heavy atom. The summed E-state index contributed by atoms with van der Waals surface area (Å²) in [7, 11) is 0. The first kappa shape index (κ1) is 12.1. The van der Waals surface area contributed by atoms with Crippen molar-refractivity contribution in [2.45, 2.75) is 43.4 Å². The summed E-state index contributed by atoms with van der Waals surface area (Å²) in [6.07, 6.45) is 4.67. The molecule has 0 atom stereocenters. The predicted octanol–water partition coefficient (Wildman–Crippen LogP) is 3.57. The lowest BCUT2D eigenvalue weighted by Gasteiger charge is -2.41. The molecular formula is C15H19F2N. The minimum atomic E-state index is -2.64. The van der Waals surface area contributed by atoms with Crippen molar-refractivity contribution < 1.29 is 8.78 Å². The lowest BCUT2D eigenvalue weighted by atomic mass is 9.64. The molecule has 0 radical (unpaired) electrons. The first-order chi connectivity index (χ1) is 8.58. The summed E-state index contributed by atoms with van der Waals surface area (Å²) in [5.41, 5.74) is 7.20. The van der Waals surface area contributed by atoms with Gasteiger partial charge in [0.15, 0.2) is 0 Å². The molecule has 1 aromatic rings. The third-order valence-corrected chi connectivity index (χ3v) is 4.67. The Labute approximate surface area is 106 Å². The van der Waals surface area contributed by atoms with E-state index in [0.717, 1.165) is 18.4 Å². The molecule has 2 fully saturated rings. The van der Waals surface area contributed by atoms with Crippen LogP contribution in [0.15, 0.2) is 24.3 Å². The van der Waals surface area contributed by atoms with Crippen molar-refractivity contribution in [1.29, 1.82) is 0 Å². The molecule has 1 aromatic carbocycles. The van der Waals surface area contributed by atoms with Crippen LogP contribution in [0.2, 0.25) is 0 Å². The fourth-order valence-electron chi connectivity index (χ4n) is 2.94. The molecule has 1 nitrogen and oxygen atoms in total. The van der Waals surface area contributed by atoms with E-state index >= 15 is 0 Å².